The van der Waals surface area contributed by atoms with Gasteiger partial charge in [-0.25, -0.2) is 4.99 Å². The van der Waals surface area contributed by atoms with Crippen LogP contribution in [0, 0.1) is 0 Å². The number of rotatable bonds is 7. The Morgan fingerprint density at radius 2 is 2.15 bits per heavy atom. The topological polar surface area (TPSA) is 66.3 Å². The highest BCUT2D eigenvalue weighted by Gasteiger charge is 2.23. The summed E-state index contributed by atoms with van der Waals surface area (Å²) in [6.07, 6.45) is 3.11. The highest BCUT2D eigenvalue weighted by molar-refractivity contribution is 6.43. The third-order valence-corrected chi connectivity index (χ3v) is 4.91. The van der Waals surface area contributed by atoms with Crippen molar-refractivity contribution in [1.82, 2.24) is 10.2 Å². The molecule has 140 valence electrons. The fraction of sp³-hybridized carbons (Fsp3) is 0.389. The maximum Gasteiger partial charge on any atom is 0.252 e. The Balaban J connectivity index is 2.11. The first-order chi connectivity index (χ1) is 12.5. The molecule has 0 spiro atoms. The van der Waals surface area contributed by atoms with E-state index in [2.05, 4.69) is 26.9 Å². The van der Waals surface area contributed by atoms with Gasteiger partial charge in [-0.1, -0.05) is 29.3 Å². The van der Waals surface area contributed by atoms with Crippen molar-refractivity contribution < 1.29 is 9.53 Å². The van der Waals surface area contributed by atoms with Gasteiger partial charge in [0.15, 0.2) is 0 Å². The lowest BCUT2D eigenvalue weighted by Gasteiger charge is -2.35. The van der Waals surface area contributed by atoms with Gasteiger partial charge in [0.2, 0.25) is 0 Å². The smallest absolute Gasteiger partial charge is 0.252 e. The van der Waals surface area contributed by atoms with Gasteiger partial charge in [0, 0.05) is 31.9 Å². The number of morpholine rings is 1. The number of hydrogen-bond acceptors (Lipinski definition) is 4. The molecule has 0 aliphatic carbocycles. The Kier molecular flexibility index (Phi) is 8.25. The minimum Gasteiger partial charge on any atom is -0.379 e. The van der Waals surface area contributed by atoms with Crippen molar-refractivity contribution in [1.29, 1.82) is 0 Å². The van der Waals surface area contributed by atoms with Crippen molar-refractivity contribution >= 4 is 42.2 Å². The van der Waals surface area contributed by atoms with Gasteiger partial charge in [-0.3, -0.25) is 14.7 Å². The number of hydrogen-bond donors (Lipinski definition) is 1. The zero-order chi connectivity index (χ0) is 18.9. The molecule has 1 heterocycles. The van der Waals surface area contributed by atoms with E-state index in [1.54, 1.807) is 24.4 Å². The second kappa shape index (κ2) is 10.4. The van der Waals surface area contributed by atoms with E-state index in [1.165, 1.54) is 6.34 Å². The monoisotopic (exact) mass is 396 g/mol. The first kappa shape index (κ1) is 20.6. The van der Waals surface area contributed by atoms with Crippen LogP contribution in [-0.4, -0.2) is 62.8 Å². The standard InChI is InChI=1S/C18H22Cl2N4O2/c1-13(10-22-12-21-2)16(24-6-8-26-9-7-24)11-23-18(25)14-4-3-5-15(19)17(14)20/h3-5,10,12,16H,2,6-9,11H2,1H3,(H,23,25)/b13-10+,22-12-. The number of halogens is 2. The molecule has 1 aromatic carbocycles. The average Bonchev–Trinajstić information content (AvgIpc) is 2.65. The van der Waals surface area contributed by atoms with Crippen LogP contribution >= 0.6 is 23.2 Å². The highest BCUT2D eigenvalue weighted by Crippen LogP contribution is 2.25. The van der Waals surface area contributed by atoms with E-state index in [-0.39, 0.29) is 17.0 Å². The third-order valence-electron chi connectivity index (χ3n) is 4.09. The van der Waals surface area contributed by atoms with Gasteiger partial charge in [0.05, 0.1) is 28.8 Å². The summed E-state index contributed by atoms with van der Waals surface area (Å²) in [6.45, 7) is 8.65. The van der Waals surface area contributed by atoms with E-state index in [1.807, 2.05) is 6.92 Å². The molecule has 1 unspecified atom stereocenters. The van der Waals surface area contributed by atoms with Gasteiger partial charge >= 0.3 is 0 Å². The molecule has 1 atom stereocenters. The normalized spacial score (nSPS) is 17.3. The van der Waals surface area contributed by atoms with Crippen LogP contribution in [0.15, 0.2) is 40.0 Å². The number of nitrogens with one attached hydrogen (secondary N) is 1. The van der Waals surface area contributed by atoms with Crippen molar-refractivity contribution in [2.45, 2.75) is 13.0 Å². The summed E-state index contributed by atoms with van der Waals surface area (Å²) in [7, 11) is 0. The van der Waals surface area contributed by atoms with Crippen molar-refractivity contribution in [2.75, 3.05) is 32.8 Å². The molecule has 8 heteroatoms. The van der Waals surface area contributed by atoms with Crippen LogP contribution in [-0.2, 0) is 4.74 Å². The van der Waals surface area contributed by atoms with Crippen LogP contribution in [0.3, 0.4) is 0 Å². The van der Waals surface area contributed by atoms with Crippen molar-refractivity contribution in [3.8, 4) is 0 Å². The molecular formula is C18H22Cl2N4O2. The Labute approximate surface area is 163 Å². The zero-order valence-corrected chi connectivity index (χ0v) is 16.1. The summed E-state index contributed by atoms with van der Waals surface area (Å²) in [4.78, 5) is 22.5. The van der Waals surface area contributed by atoms with Crippen LogP contribution in [0.25, 0.3) is 0 Å². The predicted octanol–water partition coefficient (Wildman–Crippen LogP) is 3.06. The van der Waals surface area contributed by atoms with Crippen LogP contribution in [0.4, 0.5) is 0 Å². The number of benzene rings is 1. The Bertz CT molecular complexity index is 700. The average molecular weight is 397 g/mol. The SMILES string of the molecule is C=N/C=N\C=C(/C)C(CNC(=O)c1cccc(Cl)c1Cl)N1CCOCC1. The lowest BCUT2D eigenvalue weighted by molar-refractivity contribution is 0.0236. The van der Waals surface area contributed by atoms with E-state index in [0.717, 1.165) is 18.7 Å². The van der Waals surface area contributed by atoms with E-state index in [0.29, 0.717) is 30.3 Å². The largest absolute Gasteiger partial charge is 0.379 e. The third kappa shape index (κ3) is 5.64. The quantitative estimate of drug-likeness (QED) is 0.568. The van der Waals surface area contributed by atoms with E-state index >= 15 is 0 Å². The van der Waals surface area contributed by atoms with Crippen molar-refractivity contribution in [3.05, 3.63) is 45.6 Å². The maximum atomic E-state index is 12.5. The molecule has 0 bridgehead atoms. The van der Waals surface area contributed by atoms with Crippen LogP contribution in [0.5, 0.6) is 0 Å². The van der Waals surface area contributed by atoms with Gasteiger partial charge in [0.25, 0.3) is 5.91 Å². The van der Waals surface area contributed by atoms with Gasteiger partial charge in [-0.05, 0) is 31.3 Å². The van der Waals surface area contributed by atoms with E-state index in [4.69, 9.17) is 27.9 Å². The van der Waals surface area contributed by atoms with Gasteiger partial charge in [-0.2, -0.15) is 0 Å². The summed E-state index contributed by atoms with van der Waals surface area (Å²) >= 11 is 12.1. The molecule has 0 aromatic heterocycles. The summed E-state index contributed by atoms with van der Waals surface area (Å²) in [5.41, 5.74) is 1.36. The molecule has 1 aliphatic heterocycles. The zero-order valence-electron chi connectivity index (χ0n) is 14.6. The number of carbonyl (C=O) groups is 1. The van der Waals surface area contributed by atoms with Gasteiger partial charge < -0.3 is 10.1 Å². The summed E-state index contributed by atoms with van der Waals surface area (Å²) < 4.78 is 5.42. The minimum atomic E-state index is -0.264. The summed E-state index contributed by atoms with van der Waals surface area (Å²) in [5, 5.41) is 3.55. The summed E-state index contributed by atoms with van der Waals surface area (Å²) in [6, 6.07) is 4.99. The molecule has 1 saturated heterocycles. The molecule has 0 radical (unpaired) electrons. The van der Waals surface area contributed by atoms with E-state index in [9.17, 15) is 4.79 Å². The Morgan fingerprint density at radius 1 is 1.42 bits per heavy atom. The molecule has 6 nitrogen and oxygen atoms in total. The first-order valence-corrected chi connectivity index (χ1v) is 8.98. The molecule has 2 rings (SSSR count). The molecule has 1 N–H and O–H groups in total. The fourth-order valence-corrected chi connectivity index (χ4v) is 3.10. The number of nitrogens with zero attached hydrogens (tertiary/aromatic N) is 3. The molecule has 26 heavy (non-hydrogen) atoms. The predicted molar refractivity (Wildman–Crippen MR) is 107 cm³/mol. The number of ether oxygens (including phenoxy) is 1. The number of amides is 1. The summed E-state index contributed by atoms with van der Waals surface area (Å²) in [5.74, 6) is -0.264. The lowest BCUT2D eigenvalue weighted by atomic mass is 10.1. The van der Waals surface area contributed by atoms with Crippen molar-refractivity contribution in [2.24, 2.45) is 9.98 Å². The minimum absolute atomic E-state index is 0.0113. The second-order valence-electron chi connectivity index (χ2n) is 5.80. The van der Waals surface area contributed by atoms with Crippen molar-refractivity contribution in [3.63, 3.8) is 0 Å². The van der Waals surface area contributed by atoms with Crippen LogP contribution < -0.4 is 5.32 Å². The first-order valence-electron chi connectivity index (χ1n) is 8.22. The highest BCUT2D eigenvalue weighted by atomic mass is 35.5. The maximum absolute atomic E-state index is 12.5. The lowest BCUT2D eigenvalue weighted by Crippen LogP contribution is -2.49. The molecule has 1 aliphatic rings. The van der Waals surface area contributed by atoms with Crippen LogP contribution in [0.1, 0.15) is 17.3 Å². The van der Waals surface area contributed by atoms with Gasteiger partial charge in [-0.15, -0.1) is 0 Å². The van der Waals surface area contributed by atoms with Gasteiger partial charge in [0.1, 0.15) is 6.34 Å². The van der Waals surface area contributed by atoms with E-state index < -0.39 is 0 Å². The Morgan fingerprint density at radius 3 is 2.85 bits per heavy atom. The molecule has 1 fully saturated rings. The fourth-order valence-electron chi connectivity index (χ4n) is 2.72. The number of aliphatic imine (C=N–C) groups is 2. The molecule has 1 amide bonds. The molecular weight excluding hydrogens is 375 g/mol. The van der Waals surface area contributed by atoms with Crippen LogP contribution in [0.2, 0.25) is 10.0 Å². The second-order valence-corrected chi connectivity index (χ2v) is 6.58. The molecule has 1 aromatic rings. The molecule has 0 saturated carbocycles. The Hall–Kier alpha value is -1.73. The number of carbonyl (C=O) groups excluding carboxylic acids is 1.